The predicted molar refractivity (Wildman–Crippen MR) is 147 cm³/mol. The Labute approximate surface area is 280 Å². The van der Waals surface area contributed by atoms with Crippen molar-refractivity contribution < 1.29 is 79.1 Å². The minimum absolute atomic E-state index is 0.0279. The SMILES string of the molecule is CC(F)(SOO[O-])C(=O)OCC12CC3CC(CC(C3)C1)C2.O=C(OCC12CC3CC(CC(C3)C1)C2)C(SOO[O-])(C(F)(F)F)C(F)(F)F. The molecule has 0 aromatic rings. The Morgan fingerprint density at radius 1 is 0.604 bits per heavy atom. The highest BCUT2D eigenvalue weighted by atomic mass is 32.2. The number of hydrogen-bond donors (Lipinski definition) is 0. The Bertz CT molecular complexity index is 1080. The van der Waals surface area contributed by atoms with E-state index in [1.807, 2.05) is 0 Å². The van der Waals surface area contributed by atoms with Gasteiger partial charge in [0.25, 0.3) is 5.00 Å². The summed E-state index contributed by atoms with van der Waals surface area (Å²) in [6.45, 7) is 0.758. The van der Waals surface area contributed by atoms with Gasteiger partial charge in [-0.05, 0) is 119 Å². The van der Waals surface area contributed by atoms with Crippen LogP contribution in [-0.4, -0.2) is 47.3 Å². The van der Waals surface area contributed by atoms with Crippen LogP contribution in [0.3, 0.4) is 0 Å². The average molecular weight is 743 g/mol. The molecular weight excluding hydrogens is 705 g/mol. The predicted octanol–water partition coefficient (Wildman–Crippen LogP) is 5.78. The van der Waals surface area contributed by atoms with E-state index >= 15 is 0 Å². The number of esters is 2. The quantitative estimate of drug-likeness (QED) is 0.0788. The summed E-state index contributed by atoms with van der Waals surface area (Å²) in [5, 5.41) is 22.8. The number of hydrogen-bond acceptors (Lipinski definition) is 12. The molecule has 8 fully saturated rings. The van der Waals surface area contributed by atoms with Crippen LogP contribution in [0.4, 0.5) is 30.7 Å². The van der Waals surface area contributed by atoms with Crippen molar-refractivity contribution in [3.8, 4) is 0 Å². The van der Waals surface area contributed by atoms with Crippen LogP contribution >= 0.6 is 24.1 Å². The van der Waals surface area contributed by atoms with E-state index in [9.17, 15) is 50.8 Å². The Morgan fingerprint density at radius 2 is 0.917 bits per heavy atom. The molecule has 0 aliphatic heterocycles. The fourth-order valence-electron chi connectivity index (χ4n) is 10.3. The van der Waals surface area contributed by atoms with Crippen molar-refractivity contribution in [3.05, 3.63) is 0 Å². The van der Waals surface area contributed by atoms with Crippen molar-refractivity contribution in [2.75, 3.05) is 13.2 Å². The van der Waals surface area contributed by atoms with Gasteiger partial charge in [-0.3, -0.25) is 10.1 Å². The lowest BCUT2D eigenvalue weighted by atomic mass is 9.50. The van der Waals surface area contributed by atoms with E-state index in [1.54, 1.807) is 0 Å². The molecule has 0 heterocycles. The Balaban J connectivity index is 0.000000194. The monoisotopic (exact) mass is 742 g/mol. The standard InChI is InChI=1S/C15H18F6O5S.C14H21FO5S/c16-14(17,18)13(15(19,20)21,27-26-25-23)11(22)24-7-12-4-8-1-9(5-12)3-10(2-8)6-12;1-13(15,21-20-19-17)12(16)18-8-14-5-9-2-10(6-14)4-11(3-9)7-14/h8-10,23H,1-7H2;9-11,17H,2-8H2,1H3/p-2. The van der Waals surface area contributed by atoms with Crippen molar-refractivity contribution in [2.45, 2.75) is 106 Å². The molecule has 8 bridgehead atoms. The summed E-state index contributed by atoms with van der Waals surface area (Å²) in [6.07, 6.45) is -0.157. The van der Waals surface area contributed by atoms with Gasteiger partial charge < -0.3 is 20.0 Å². The Morgan fingerprint density at radius 3 is 1.23 bits per heavy atom. The van der Waals surface area contributed by atoms with Gasteiger partial charge in [-0.2, -0.15) is 35.0 Å². The van der Waals surface area contributed by atoms with Crippen LogP contribution in [0.2, 0.25) is 0 Å². The third kappa shape index (κ3) is 7.87. The van der Waals surface area contributed by atoms with E-state index in [4.69, 9.17) is 4.74 Å². The maximum absolute atomic E-state index is 14.0. The lowest BCUT2D eigenvalue weighted by Gasteiger charge is -2.56. The molecule has 0 saturated heterocycles. The van der Waals surface area contributed by atoms with Crippen LogP contribution in [-0.2, 0) is 37.8 Å². The van der Waals surface area contributed by atoms with Crippen LogP contribution < -0.4 is 10.5 Å². The number of carbonyl (C=O) groups is 2. The van der Waals surface area contributed by atoms with Gasteiger partial charge in [0.1, 0.15) is 0 Å². The molecule has 0 amide bonds. The van der Waals surface area contributed by atoms with Gasteiger partial charge in [0, 0.05) is 10.8 Å². The molecule has 0 aromatic heterocycles. The van der Waals surface area contributed by atoms with Crippen LogP contribution in [0.1, 0.15) is 84.0 Å². The fourth-order valence-corrected chi connectivity index (χ4v) is 11.0. The number of alkyl halides is 7. The molecule has 8 saturated carbocycles. The maximum Gasteiger partial charge on any atom is 0.425 e. The normalized spacial score (nSPS) is 36.3. The molecule has 0 N–H and O–H groups in total. The van der Waals surface area contributed by atoms with Gasteiger partial charge in [0.05, 0.1) is 37.3 Å². The molecule has 0 radical (unpaired) electrons. The van der Waals surface area contributed by atoms with E-state index in [-0.39, 0.29) is 24.1 Å². The zero-order chi connectivity index (χ0) is 35.2. The van der Waals surface area contributed by atoms with Crippen molar-refractivity contribution in [2.24, 2.45) is 46.3 Å². The molecule has 0 aromatic carbocycles. The minimum atomic E-state index is -6.12. The smallest absolute Gasteiger partial charge is 0.425 e. The van der Waals surface area contributed by atoms with Crippen LogP contribution in [0.25, 0.3) is 0 Å². The highest BCUT2D eigenvalue weighted by Gasteiger charge is 2.79. The molecule has 8 aliphatic rings. The third-order valence-electron chi connectivity index (χ3n) is 11.2. The van der Waals surface area contributed by atoms with Crippen molar-refractivity contribution in [1.82, 2.24) is 0 Å². The van der Waals surface area contributed by atoms with Gasteiger partial charge >= 0.3 is 29.0 Å². The first-order valence-electron chi connectivity index (χ1n) is 15.8. The summed E-state index contributed by atoms with van der Waals surface area (Å²) in [6, 6.07) is 0. The first-order valence-corrected chi connectivity index (χ1v) is 17.3. The Hall–Kier alpha value is -1.09. The van der Waals surface area contributed by atoms with Crippen LogP contribution in [0.15, 0.2) is 0 Å². The largest absolute Gasteiger partial charge is 0.691 e. The van der Waals surface area contributed by atoms with Crippen molar-refractivity contribution in [3.63, 3.8) is 0 Å². The van der Waals surface area contributed by atoms with Gasteiger partial charge in [0.15, 0.2) is 0 Å². The van der Waals surface area contributed by atoms with Gasteiger partial charge in [-0.1, -0.05) is 0 Å². The fraction of sp³-hybridized carbons (Fsp3) is 0.931. The van der Waals surface area contributed by atoms with Crippen molar-refractivity contribution in [1.29, 1.82) is 0 Å². The van der Waals surface area contributed by atoms with E-state index in [0.29, 0.717) is 37.0 Å². The molecule has 10 nitrogen and oxygen atoms in total. The first kappa shape index (κ1) is 38.1. The topological polar surface area (TPSA) is 136 Å². The number of rotatable bonds is 12. The molecule has 0 spiro atoms. The summed E-state index contributed by atoms with van der Waals surface area (Å²) >= 11 is -1.42. The second-order valence-electron chi connectivity index (χ2n) is 15.0. The molecule has 276 valence electrons. The van der Waals surface area contributed by atoms with Gasteiger partial charge in [-0.15, -0.1) is 0 Å². The van der Waals surface area contributed by atoms with Crippen LogP contribution in [0.5, 0.6) is 0 Å². The summed E-state index contributed by atoms with van der Waals surface area (Å²) in [5.74, 6) is -0.208. The van der Waals surface area contributed by atoms with E-state index in [0.717, 1.165) is 63.2 Å². The average Bonchev–Trinajstić information content (AvgIpc) is 2.96. The molecule has 8 rings (SSSR count). The third-order valence-corrected chi connectivity index (χ3v) is 12.8. The van der Waals surface area contributed by atoms with Crippen molar-refractivity contribution >= 4 is 36.0 Å². The molecule has 1 atom stereocenters. The second-order valence-corrected chi connectivity index (χ2v) is 17.0. The molecule has 48 heavy (non-hydrogen) atoms. The first-order chi connectivity index (χ1) is 22.3. The summed E-state index contributed by atoms with van der Waals surface area (Å²) < 4.78 is 105. The number of halogens is 7. The van der Waals surface area contributed by atoms with Crippen LogP contribution in [0, 0.1) is 46.3 Å². The second kappa shape index (κ2) is 14.1. The number of ether oxygens (including phenoxy) is 2. The molecule has 1 unspecified atom stereocenters. The lowest BCUT2D eigenvalue weighted by molar-refractivity contribution is -0.777. The van der Waals surface area contributed by atoms with Gasteiger partial charge in [-0.25, -0.2) is 14.0 Å². The summed E-state index contributed by atoms with van der Waals surface area (Å²) in [7, 11) is 0. The molecule has 8 aliphatic carbocycles. The van der Waals surface area contributed by atoms with E-state index in [1.165, 1.54) is 19.3 Å². The van der Waals surface area contributed by atoms with Gasteiger partial charge in [0.2, 0.25) is 0 Å². The summed E-state index contributed by atoms with van der Waals surface area (Å²) in [4.78, 5) is 23.8. The van der Waals surface area contributed by atoms with E-state index < -0.39 is 58.1 Å². The highest BCUT2D eigenvalue weighted by Crippen LogP contribution is 2.62. The zero-order valence-corrected chi connectivity index (χ0v) is 27.5. The lowest BCUT2D eigenvalue weighted by Crippen LogP contribution is -2.61. The summed E-state index contributed by atoms with van der Waals surface area (Å²) in [5.41, 5.74) is -0.533. The number of carbonyl (C=O) groups excluding carboxylic acids is 2. The highest BCUT2D eigenvalue weighted by molar-refractivity contribution is 7.97. The minimum Gasteiger partial charge on any atom is -0.691 e. The maximum atomic E-state index is 14.0. The molecular formula is C29H37F7O10S2-2. The Kier molecular flexibility index (Phi) is 11.2. The zero-order valence-electron chi connectivity index (χ0n) is 25.9. The van der Waals surface area contributed by atoms with E-state index in [2.05, 4.69) is 23.5 Å². The molecule has 19 heteroatoms.